The molecule has 3 heterocycles. The van der Waals surface area contributed by atoms with E-state index in [0.717, 1.165) is 62.0 Å². The molecule has 0 N–H and O–H groups in total. The van der Waals surface area contributed by atoms with E-state index in [-0.39, 0.29) is 50.9 Å². The molecule has 0 fully saturated rings. The van der Waals surface area contributed by atoms with Crippen LogP contribution in [-0.2, 0) is 0 Å². The van der Waals surface area contributed by atoms with Crippen LogP contribution in [0.25, 0.3) is 77.0 Å². The summed E-state index contributed by atoms with van der Waals surface area (Å²) in [5.41, 5.74) is 16.5. The average molecular weight is 1040 g/mol. The number of hydrogen-bond acceptors (Lipinski definition) is 4. The third kappa shape index (κ3) is 10.9. The van der Waals surface area contributed by atoms with Crippen LogP contribution < -0.4 is 52.6 Å². The van der Waals surface area contributed by atoms with E-state index in [2.05, 4.69) is 288 Å². The van der Waals surface area contributed by atoms with Gasteiger partial charge in [-0.3, -0.25) is 4.98 Å². The average Bonchev–Trinajstić information content (AvgIpc) is 4.09. The zero-order valence-corrected chi connectivity index (χ0v) is 46.4. The van der Waals surface area contributed by atoms with E-state index < -0.39 is 0 Å². The molecule has 0 amide bonds. The van der Waals surface area contributed by atoms with Gasteiger partial charge in [0.25, 0.3) is 0 Å². The van der Waals surface area contributed by atoms with E-state index in [9.17, 15) is 5.11 Å². The Morgan fingerprint density at radius 2 is 0.625 bits per heavy atom. The van der Waals surface area contributed by atoms with Crippen molar-refractivity contribution in [3.05, 3.63) is 299 Å². The summed E-state index contributed by atoms with van der Waals surface area (Å²) in [7, 11) is 2.97. The molecule has 0 unspecified atom stereocenters. The second-order valence-electron chi connectivity index (χ2n) is 18.5. The van der Waals surface area contributed by atoms with Gasteiger partial charge in [-0.05, 0) is 144 Å². The molecule has 3 aromatic heterocycles. The van der Waals surface area contributed by atoms with Gasteiger partial charge in [-0.1, -0.05) is 163 Å². The van der Waals surface area contributed by atoms with Crippen LogP contribution >= 0.6 is 9.24 Å². The SMILES string of the molecule is C[PH-].[CH3-].[Li+].[Li+].[O-]c1cccc2cccnc12.c1ccc(N(c2ccc(-c3ccc(N(c4ccccc4)c4ccc(-n5c6ccccc6c6ccccc65)cc4)cc3)cc2)c2ccc(-n3c4ccccc4c4ccccc43)cc2)cc1. The van der Waals surface area contributed by atoms with Gasteiger partial charge in [0.05, 0.1) is 27.6 Å². The van der Waals surface area contributed by atoms with Gasteiger partial charge >= 0.3 is 37.7 Å². The first kappa shape index (κ1) is 56.2. The van der Waals surface area contributed by atoms with Crippen LogP contribution in [0.15, 0.2) is 291 Å². The van der Waals surface area contributed by atoms with Crippen LogP contribution in [-0.4, -0.2) is 20.8 Å². The summed E-state index contributed by atoms with van der Waals surface area (Å²) < 4.78 is 4.73. The first-order valence-corrected chi connectivity index (χ1v) is 26.7. The quantitative estimate of drug-likeness (QED) is 0.0821. The molecule has 6 nitrogen and oxygen atoms in total. The van der Waals surface area contributed by atoms with Crippen molar-refractivity contribution in [2.75, 3.05) is 16.5 Å². The van der Waals surface area contributed by atoms with Crippen molar-refractivity contribution in [3.8, 4) is 28.3 Å². The molecule has 14 aromatic rings. The molecule has 80 heavy (non-hydrogen) atoms. The number of rotatable bonds is 9. The summed E-state index contributed by atoms with van der Waals surface area (Å²) in [4.78, 5) is 8.62. The van der Waals surface area contributed by atoms with Gasteiger partial charge in [0.2, 0.25) is 0 Å². The summed E-state index contributed by atoms with van der Waals surface area (Å²) in [6.07, 6.45) is 1.63. The minimum atomic E-state index is -0.0110. The van der Waals surface area contributed by atoms with Gasteiger partial charge in [0.1, 0.15) is 0 Å². The first-order chi connectivity index (χ1) is 38.1. The molecular weight excluding hydrogens is 984 g/mol. The summed E-state index contributed by atoms with van der Waals surface area (Å²) >= 11 is 0. The van der Waals surface area contributed by atoms with Crippen molar-refractivity contribution >= 4 is 97.9 Å². The van der Waals surface area contributed by atoms with E-state index in [1.807, 2.05) is 18.2 Å². The van der Waals surface area contributed by atoms with Crippen LogP contribution in [0.5, 0.6) is 5.75 Å². The molecule has 0 spiro atoms. The fourth-order valence-corrected chi connectivity index (χ4v) is 10.6. The minimum Gasteiger partial charge on any atom is -0.871 e. The molecule has 0 saturated heterocycles. The zero-order chi connectivity index (χ0) is 52.1. The second-order valence-corrected chi connectivity index (χ2v) is 18.5. The van der Waals surface area contributed by atoms with Crippen molar-refractivity contribution in [2.45, 2.75) is 0 Å². The predicted octanol–water partition coefficient (Wildman–Crippen LogP) is 13.0. The Morgan fingerprint density at radius 3 is 0.975 bits per heavy atom. The van der Waals surface area contributed by atoms with Crippen LogP contribution in [0, 0.1) is 7.43 Å². The Morgan fingerprint density at radius 1 is 0.325 bits per heavy atom. The van der Waals surface area contributed by atoms with Gasteiger partial charge in [0.15, 0.2) is 0 Å². The zero-order valence-electron chi connectivity index (χ0n) is 45.4. The van der Waals surface area contributed by atoms with Crippen LogP contribution in [0.3, 0.4) is 0 Å². The van der Waals surface area contributed by atoms with E-state index in [4.69, 9.17) is 0 Å². The smallest absolute Gasteiger partial charge is 0.871 e. The van der Waals surface area contributed by atoms with E-state index in [0.29, 0.717) is 5.52 Å². The molecular formula is C71H55Li2N5OP-. The standard InChI is InChI=1S/C60H42N4.C9H7NO.CH4P.CH3.2Li/c1-3-15-45(16-4-1)61(49-35-39-51(40-36-49)63-57-23-11-7-19-53(57)54-20-8-12-24-58(54)63)47-31-27-43(28-32-47)44-29-33-48(34-30-44)62(46-17-5-2-6-18-46)50-37-41-52(42-38-50)64-59-25-13-9-21-55(59)56-22-10-14-26-60(56)64;11-8-5-1-3-7-4-2-6-10-9(7)8;1-2;;;/h1-42H;1-6,11H;2H,1H3;1H3;;/q;;2*-1;2*+1/p-1. The van der Waals surface area contributed by atoms with Crippen molar-refractivity contribution < 1.29 is 42.8 Å². The molecule has 0 radical (unpaired) electrons. The maximum atomic E-state index is 11.1. The van der Waals surface area contributed by atoms with Gasteiger partial charge in [-0.25, -0.2) is 0 Å². The maximum absolute atomic E-state index is 11.1. The van der Waals surface area contributed by atoms with Crippen molar-refractivity contribution in [1.82, 2.24) is 14.1 Å². The number of fused-ring (bicyclic) bond motifs is 7. The summed E-state index contributed by atoms with van der Waals surface area (Å²) in [6.45, 7) is 1.81. The number of nitrogens with zero attached hydrogens (tertiary/aromatic N) is 5. The monoisotopic (exact) mass is 1040 g/mol. The molecule has 0 atom stereocenters. The van der Waals surface area contributed by atoms with Gasteiger partial charge in [-0.15, -0.1) is 0 Å². The van der Waals surface area contributed by atoms with E-state index in [1.54, 1.807) is 18.9 Å². The molecule has 0 aliphatic carbocycles. The Bertz CT molecular complexity index is 3950. The van der Waals surface area contributed by atoms with Crippen LogP contribution in [0.4, 0.5) is 34.1 Å². The van der Waals surface area contributed by atoms with Crippen molar-refractivity contribution in [2.24, 2.45) is 0 Å². The normalized spacial score (nSPS) is 10.6. The van der Waals surface area contributed by atoms with Gasteiger partial charge in [-0.2, -0.15) is 6.66 Å². The first-order valence-electron chi connectivity index (χ1n) is 25.7. The third-order valence-electron chi connectivity index (χ3n) is 14.1. The van der Waals surface area contributed by atoms with E-state index in [1.165, 1.54) is 49.7 Å². The largest absolute Gasteiger partial charge is 1.00 e. The van der Waals surface area contributed by atoms with Crippen molar-refractivity contribution in [3.63, 3.8) is 0 Å². The number of para-hydroxylation sites is 7. The number of benzene rings is 11. The van der Waals surface area contributed by atoms with E-state index >= 15 is 0 Å². The molecule has 0 aliphatic heterocycles. The molecule has 0 saturated carbocycles. The fourth-order valence-electron chi connectivity index (χ4n) is 10.6. The summed E-state index contributed by atoms with van der Waals surface area (Å²) in [6, 6.07) is 100. The second kappa shape index (κ2) is 25.5. The Balaban J connectivity index is 0.000000429. The Hall–Kier alpha value is -8.55. The Labute approximate surface area is 494 Å². The number of pyridine rings is 1. The maximum Gasteiger partial charge on any atom is 1.00 e. The van der Waals surface area contributed by atoms with Gasteiger partial charge in [0, 0.05) is 73.2 Å². The minimum absolute atomic E-state index is 0. The molecule has 0 aliphatic rings. The molecule has 378 valence electrons. The number of aromatic nitrogens is 3. The molecule has 11 aromatic carbocycles. The number of hydrogen-bond donors (Lipinski definition) is 0. The molecule has 14 rings (SSSR count). The molecule has 9 heteroatoms. The summed E-state index contributed by atoms with van der Waals surface area (Å²) in [5, 5.41) is 17.1. The van der Waals surface area contributed by atoms with Crippen LogP contribution in [0.1, 0.15) is 0 Å². The summed E-state index contributed by atoms with van der Waals surface area (Å²) in [5.74, 6) is -0.0110. The predicted molar refractivity (Wildman–Crippen MR) is 332 cm³/mol. The third-order valence-corrected chi connectivity index (χ3v) is 14.1. The topological polar surface area (TPSA) is 52.3 Å². The van der Waals surface area contributed by atoms with Crippen molar-refractivity contribution in [1.29, 1.82) is 0 Å². The van der Waals surface area contributed by atoms with Crippen LogP contribution in [0.2, 0.25) is 0 Å². The Kier molecular flexibility index (Phi) is 17.9. The van der Waals surface area contributed by atoms with Gasteiger partial charge < -0.3 is 40.7 Å². The fraction of sp³-hybridized carbons (Fsp3) is 0.0141. The molecule has 0 bridgehead atoms. The number of anilines is 6.